The van der Waals surface area contributed by atoms with Crippen LogP contribution in [0.1, 0.15) is 5.69 Å². The number of methoxy groups -OCH3 is 2. The lowest BCUT2D eigenvalue weighted by molar-refractivity contribution is -0.139. The molecule has 10 heteroatoms. The number of aromatic nitrogens is 6. The van der Waals surface area contributed by atoms with E-state index in [0.29, 0.717) is 28.2 Å². The second-order valence-electron chi connectivity index (χ2n) is 6.99. The van der Waals surface area contributed by atoms with E-state index in [9.17, 15) is 9.18 Å². The molecule has 3 heterocycles. The molecular weight excluding hydrogens is 415 g/mol. The van der Waals surface area contributed by atoms with Gasteiger partial charge in [-0.05, 0) is 35.9 Å². The maximum Gasteiger partial charge on any atom is 0.311 e. The molecule has 0 amide bonds. The number of hydrogen-bond acceptors (Lipinski definition) is 7. The van der Waals surface area contributed by atoms with Crippen molar-refractivity contribution in [3.63, 3.8) is 0 Å². The third kappa shape index (κ3) is 3.22. The molecule has 0 spiro atoms. The fraction of sp³-hybridized carbons (Fsp3) is 0.136. The van der Waals surface area contributed by atoms with Crippen LogP contribution in [0.15, 0.2) is 54.7 Å². The minimum absolute atomic E-state index is 0.109. The molecule has 0 aliphatic rings. The molecule has 3 aromatic heterocycles. The van der Waals surface area contributed by atoms with Gasteiger partial charge in [0, 0.05) is 5.56 Å². The van der Waals surface area contributed by atoms with E-state index in [0.717, 1.165) is 16.9 Å². The minimum atomic E-state index is -0.475. The number of carbonyl (C=O) groups excluding carboxylic acids is 1. The van der Waals surface area contributed by atoms with Crippen molar-refractivity contribution in [2.75, 3.05) is 14.2 Å². The first kappa shape index (κ1) is 19.6. The van der Waals surface area contributed by atoms with Crippen LogP contribution in [0.25, 0.3) is 33.6 Å². The monoisotopic (exact) mass is 432 g/mol. The summed E-state index contributed by atoms with van der Waals surface area (Å²) in [7, 11) is 2.90. The van der Waals surface area contributed by atoms with Crippen LogP contribution in [0.2, 0.25) is 0 Å². The van der Waals surface area contributed by atoms with Crippen LogP contribution in [-0.4, -0.2) is 49.8 Å². The van der Waals surface area contributed by atoms with E-state index < -0.39 is 11.8 Å². The summed E-state index contributed by atoms with van der Waals surface area (Å²) in [5.74, 6) is -0.161. The van der Waals surface area contributed by atoms with Gasteiger partial charge in [0.25, 0.3) is 0 Å². The molecule has 2 aromatic carbocycles. The van der Waals surface area contributed by atoms with Crippen LogP contribution in [0.4, 0.5) is 4.39 Å². The highest BCUT2D eigenvalue weighted by Crippen LogP contribution is 2.28. The van der Waals surface area contributed by atoms with E-state index in [1.165, 1.54) is 23.9 Å². The molecule has 0 aliphatic carbocycles. The van der Waals surface area contributed by atoms with Crippen LogP contribution < -0.4 is 4.74 Å². The molecule has 9 nitrogen and oxygen atoms in total. The summed E-state index contributed by atoms with van der Waals surface area (Å²) in [6.45, 7) is 0. The summed E-state index contributed by atoms with van der Waals surface area (Å²) in [4.78, 5) is 11.9. The Morgan fingerprint density at radius 2 is 1.91 bits per heavy atom. The molecule has 5 rings (SSSR count). The number of nitrogens with zero attached hydrogens (tertiary/aromatic N) is 6. The predicted molar refractivity (Wildman–Crippen MR) is 113 cm³/mol. The first-order chi connectivity index (χ1) is 15.6. The normalized spacial score (nSPS) is 11.2. The molecule has 160 valence electrons. The highest BCUT2D eigenvalue weighted by Gasteiger charge is 2.22. The quantitative estimate of drug-likeness (QED) is 0.394. The van der Waals surface area contributed by atoms with E-state index in [-0.39, 0.29) is 6.42 Å². The largest absolute Gasteiger partial charge is 0.497 e. The second kappa shape index (κ2) is 7.73. The summed E-state index contributed by atoms with van der Waals surface area (Å²) >= 11 is 0. The molecule has 0 bridgehead atoms. The van der Waals surface area contributed by atoms with Gasteiger partial charge in [0.1, 0.15) is 17.3 Å². The number of rotatable bonds is 5. The van der Waals surface area contributed by atoms with Crippen LogP contribution in [0.3, 0.4) is 0 Å². The average molecular weight is 432 g/mol. The Kier molecular flexibility index (Phi) is 4.74. The Morgan fingerprint density at radius 1 is 1.09 bits per heavy atom. The topological polar surface area (TPSA) is 96.4 Å². The third-order valence-electron chi connectivity index (χ3n) is 5.09. The molecule has 5 aromatic rings. The van der Waals surface area contributed by atoms with Gasteiger partial charge in [-0.1, -0.05) is 18.2 Å². The van der Waals surface area contributed by atoms with Crippen molar-refractivity contribution in [3.05, 3.63) is 66.2 Å². The van der Waals surface area contributed by atoms with Gasteiger partial charge >= 0.3 is 5.97 Å². The number of halogens is 1. The Balaban J connectivity index is 1.76. The fourth-order valence-electron chi connectivity index (χ4n) is 3.52. The lowest BCUT2D eigenvalue weighted by atomic mass is 10.1. The zero-order chi connectivity index (χ0) is 22.2. The summed E-state index contributed by atoms with van der Waals surface area (Å²) in [5, 5.41) is 17.7. The van der Waals surface area contributed by atoms with Crippen molar-refractivity contribution in [1.82, 2.24) is 29.6 Å². The lowest BCUT2D eigenvalue weighted by Crippen LogP contribution is -2.06. The van der Waals surface area contributed by atoms with Crippen LogP contribution in [0, 0.1) is 5.82 Å². The molecule has 0 radical (unpaired) electrons. The molecule has 32 heavy (non-hydrogen) atoms. The number of benzene rings is 2. The maximum atomic E-state index is 13.9. The van der Waals surface area contributed by atoms with Crippen molar-refractivity contribution < 1.29 is 18.7 Å². The van der Waals surface area contributed by atoms with Gasteiger partial charge in [-0.2, -0.15) is 14.7 Å². The van der Waals surface area contributed by atoms with E-state index >= 15 is 0 Å². The van der Waals surface area contributed by atoms with Gasteiger partial charge in [-0.25, -0.2) is 9.07 Å². The number of ether oxygens (including phenoxy) is 2. The average Bonchev–Trinajstić information content (AvgIpc) is 3.41. The molecule has 0 atom stereocenters. The standard InChI is InChI=1S/C22H17FN6O3/c1-31-16-8-6-13(7-9-16)17-12-24-29-21(17)26-25-20-18(11-19(30)32-2)27-28(22(20)29)15-5-3-4-14(23)10-15/h3-10,12H,11H2,1-2H3. The van der Waals surface area contributed by atoms with E-state index in [1.807, 2.05) is 24.3 Å². The van der Waals surface area contributed by atoms with Gasteiger partial charge in [-0.3, -0.25) is 4.79 Å². The molecule has 0 saturated heterocycles. The summed E-state index contributed by atoms with van der Waals surface area (Å²) < 4.78 is 27.0. The van der Waals surface area contributed by atoms with Crippen LogP contribution in [0.5, 0.6) is 5.75 Å². The molecule has 0 fully saturated rings. The molecule has 0 N–H and O–H groups in total. The Hall–Kier alpha value is -4.34. The number of carbonyl (C=O) groups is 1. The number of fused-ring (bicyclic) bond motifs is 3. The Bertz CT molecular complexity index is 1460. The molecule has 0 unspecified atom stereocenters. The Labute approximate surface area is 181 Å². The van der Waals surface area contributed by atoms with E-state index in [1.54, 1.807) is 30.0 Å². The Morgan fingerprint density at radius 3 is 2.62 bits per heavy atom. The summed E-state index contributed by atoms with van der Waals surface area (Å²) in [6.07, 6.45) is 1.57. The number of esters is 1. The van der Waals surface area contributed by atoms with Crippen molar-refractivity contribution in [3.8, 4) is 22.6 Å². The summed E-state index contributed by atoms with van der Waals surface area (Å²) in [6, 6.07) is 13.5. The van der Waals surface area contributed by atoms with E-state index in [4.69, 9.17) is 9.47 Å². The first-order valence-electron chi connectivity index (χ1n) is 9.68. The summed E-state index contributed by atoms with van der Waals surface area (Å²) in [5.41, 5.74) is 3.76. The van der Waals surface area contributed by atoms with Gasteiger partial charge in [0.05, 0.1) is 32.5 Å². The predicted octanol–water partition coefficient (Wildman–Crippen LogP) is 2.99. The smallest absolute Gasteiger partial charge is 0.311 e. The van der Waals surface area contributed by atoms with Crippen molar-refractivity contribution in [2.45, 2.75) is 6.42 Å². The molecule has 0 aliphatic heterocycles. The highest BCUT2D eigenvalue weighted by atomic mass is 19.1. The zero-order valence-corrected chi connectivity index (χ0v) is 17.2. The molecular formula is C22H17FN6O3. The first-order valence-corrected chi connectivity index (χ1v) is 9.68. The van der Waals surface area contributed by atoms with Gasteiger partial charge in [0.2, 0.25) is 0 Å². The van der Waals surface area contributed by atoms with Crippen molar-refractivity contribution in [2.24, 2.45) is 0 Å². The molecule has 0 saturated carbocycles. The van der Waals surface area contributed by atoms with Gasteiger partial charge in [0.15, 0.2) is 16.8 Å². The van der Waals surface area contributed by atoms with E-state index in [2.05, 4.69) is 20.4 Å². The highest BCUT2D eigenvalue weighted by molar-refractivity contribution is 5.86. The SMILES string of the molecule is COC(=O)Cc1nn(-c2cccc(F)c2)c2c1nnc1c(-c3ccc(OC)cc3)cnn12. The van der Waals surface area contributed by atoms with Gasteiger partial charge in [-0.15, -0.1) is 10.2 Å². The van der Waals surface area contributed by atoms with Crippen molar-refractivity contribution >= 4 is 22.8 Å². The van der Waals surface area contributed by atoms with Crippen molar-refractivity contribution in [1.29, 1.82) is 0 Å². The van der Waals surface area contributed by atoms with Crippen LogP contribution >= 0.6 is 0 Å². The second-order valence-corrected chi connectivity index (χ2v) is 6.99. The lowest BCUT2D eigenvalue weighted by Gasteiger charge is -2.05. The maximum absolute atomic E-state index is 13.9. The van der Waals surface area contributed by atoms with Crippen LogP contribution in [-0.2, 0) is 16.0 Å². The number of hydrogen-bond donors (Lipinski definition) is 0. The van der Waals surface area contributed by atoms with Gasteiger partial charge < -0.3 is 9.47 Å². The fourth-order valence-corrected chi connectivity index (χ4v) is 3.52. The third-order valence-corrected chi connectivity index (χ3v) is 5.09. The zero-order valence-electron chi connectivity index (χ0n) is 17.2. The minimum Gasteiger partial charge on any atom is -0.497 e.